The summed E-state index contributed by atoms with van der Waals surface area (Å²) in [6.07, 6.45) is 1.49. The highest BCUT2D eigenvalue weighted by atomic mass is 79.9. The van der Waals surface area contributed by atoms with E-state index in [1.54, 1.807) is 23.1 Å². The SMILES string of the molecule is NC(=O)COc1ccc(Br)cc1/C=C1\SC(=O)N(CC(=O)N2CCOCC2)C1=O. The third-order valence-corrected chi connectivity index (χ3v) is 5.56. The van der Waals surface area contributed by atoms with Crippen molar-refractivity contribution in [3.8, 4) is 5.75 Å². The fraction of sp³-hybridized carbons (Fsp3) is 0.333. The Morgan fingerprint density at radius 2 is 2.00 bits per heavy atom. The Morgan fingerprint density at radius 3 is 2.69 bits per heavy atom. The summed E-state index contributed by atoms with van der Waals surface area (Å²) in [4.78, 5) is 51.0. The molecule has 2 N–H and O–H groups in total. The lowest BCUT2D eigenvalue weighted by Crippen LogP contribution is -2.46. The molecule has 9 nitrogen and oxygen atoms in total. The van der Waals surface area contributed by atoms with Crippen LogP contribution >= 0.6 is 27.7 Å². The van der Waals surface area contributed by atoms with E-state index >= 15 is 0 Å². The molecular weight excluding hydrogens is 466 g/mol. The monoisotopic (exact) mass is 483 g/mol. The van der Waals surface area contributed by atoms with E-state index in [1.807, 2.05) is 0 Å². The molecule has 0 unspecified atom stereocenters. The summed E-state index contributed by atoms with van der Waals surface area (Å²) < 4.78 is 11.3. The molecule has 0 radical (unpaired) electrons. The number of carbonyl (C=O) groups excluding carboxylic acids is 4. The number of nitrogens with zero attached hydrogens (tertiary/aromatic N) is 2. The van der Waals surface area contributed by atoms with Gasteiger partial charge in [0.1, 0.15) is 12.3 Å². The summed E-state index contributed by atoms with van der Waals surface area (Å²) in [6, 6.07) is 5.01. The summed E-state index contributed by atoms with van der Waals surface area (Å²) in [5, 5.41) is -0.516. The van der Waals surface area contributed by atoms with Gasteiger partial charge >= 0.3 is 0 Å². The fourth-order valence-corrected chi connectivity index (χ4v) is 3.95. The van der Waals surface area contributed by atoms with Gasteiger partial charge in [-0.3, -0.25) is 24.1 Å². The van der Waals surface area contributed by atoms with Crippen molar-refractivity contribution in [2.45, 2.75) is 0 Å². The maximum Gasteiger partial charge on any atom is 0.294 e. The highest BCUT2D eigenvalue weighted by Crippen LogP contribution is 2.34. The highest BCUT2D eigenvalue weighted by Gasteiger charge is 2.37. The van der Waals surface area contributed by atoms with Crippen molar-refractivity contribution in [1.29, 1.82) is 0 Å². The zero-order chi connectivity index (χ0) is 21.0. The average Bonchev–Trinajstić information content (AvgIpc) is 2.95. The Bertz CT molecular complexity index is 884. The first-order valence-electron chi connectivity index (χ1n) is 8.66. The Labute approximate surface area is 179 Å². The van der Waals surface area contributed by atoms with Crippen molar-refractivity contribution in [3.05, 3.63) is 33.1 Å². The summed E-state index contributed by atoms with van der Waals surface area (Å²) in [7, 11) is 0. The van der Waals surface area contributed by atoms with Crippen LogP contribution in [0.3, 0.4) is 0 Å². The molecule has 2 aliphatic heterocycles. The van der Waals surface area contributed by atoms with Gasteiger partial charge in [-0.25, -0.2) is 0 Å². The molecule has 4 amide bonds. The summed E-state index contributed by atoms with van der Waals surface area (Å²) >= 11 is 4.08. The average molecular weight is 484 g/mol. The van der Waals surface area contributed by atoms with Crippen LogP contribution in [0, 0.1) is 0 Å². The molecule has 1 aromatic carbocycles. The van der Waals surface area contributed by atoms with E-state index in [0.29, 0.717) is 37.6 Å². The van der Waals surface area contributed by atoms with Gasteiger partial charge < -0.3 is 20.1 Å². The minimum absolute atomic E-state index is 0.159. The maximum atomic E-state index is 12.7. The first-order valence-corrected chi connectivity index (χ1v) is 10.3. The Kier molecular flexibility index (Phi) is 6.93. The number of hydrogen-bond donors (Lipinski definition) is 1. The van der Waals surface area contributed by atoms with Gasteiger partial charge in [-0.1, -0.05) is 15.9 Å². The number of primary amides is 1. The largest absolute Gasteiger partial charge is 0.483 e. The first-order chi connectivity index (χ1) is 13.8. The van der Waals surface area contributed by atoms with Crippen LogP contribution in [0.4, 0.5) is 4.79 Å². The lowest BCUT2D eigenvalue weighted by Gasteiger charge is -2.28. The second-order valence-electron chi connectivity index (χ2n) is 6.20. The number of rotatable bonds is 6. The van der Waals surface area contributed by atoms with Gasteiger partial charge in [-0.15, -0.1) is 0 Å². The molecule has 0 spiro atoms. The minimum Gasteiger partial charge on any atom is -0.483 e. The van der Waals surface area contributed by atoms with Gasteiger partial charge in [0, 0.05) is 23.1 Å². The zero-order valence-corrected chi connectivity index (χ0v) is 17.7. The third kappa shape index (κ3) is 5.37. The number of ether oxygens (including phenoxy) is 2. The molecule has 2 heterocycles. The van der Waals surface area contributed by atoms with Gasteiger partial charge in [0.25, 0.3) is 17.1 Å². The number of amides is 4. The zero-order valence-electron chi connectivity index (χ0n) is 15.3. The van der Waals surface area contributed by atoms with Gasteiger partial charge in [0.05, 0.1) is 18.1 Å². The molecular formula is C18H18BrN3O6S. The smallest absolute Gasteiger partial charge is 0.294 e. The van der Waals surface area contributed by atoms with Crippen LogP contribution in [0.5, 0.6) is 5.75 Å². The first kappa shape index (κ1) is 21.3. The van der Waals surface area contributed by atoms with Crippen molar-refractivity contribution < 1.29 is 28.7 Å². The summed E-state index contributed by atoms with van der Waals surface area (Å²) in [5.74, 6) is -1.16. The number of morpholine rings is 1. The van der Waals surface area contributed by atoms with E-state index < -0.39 is 17.1 Å². The minimum atomic E-state index is -0.638. The van der Waals surface area contributed by atoms with Crippen LogP contribution < -0.4 is 10.5 Å². The fourth-order valence-electron chi connectivity index (χ4n) is 2.74. The summed E-state index contributed by atoms with van der Waals surface area (Å²) in [6.45, 7) is 1.10. The van der Waals surface area contributed by atoms with Crippen molar-refractivity contribution in [2.24, 2.45) is 5.73 Å². The second-order valence-corrected chi connectivity index (χ2v) is 8.11. The number of hydrogen-bond acceptors (Lipinski definition) is 7. The topological polar surface area (TPSA) is 119 Å². The molecule has 3 rings (SSSR count). The lowest BCUT2D eigenvalue weighted by molar-refractivity contribution is -0.139. The van der Waals surface area contributed by atoms with E-state index in [4.69, 9.17) is 15.2 Å². The molecule has 1 aromatic rings. The van der Waals surface area contributed by atoms with E-state index in [0.717, 1.165) is 21.1 Å². The standard InChI is InChI=1S/C18H18BrN3O6S/c19-12-1-2-13(28-10-15(20)23)11(7-12)8-14-17(25)22(18(26)29-14)9-16(24)21-3-5-27-6-4-21/h1-2,7-8H,3-6,9-10H2,(H2,20,23)/b14-8-. The maximum absolute atomic E-state index is 12.7. The van der Waals surface area contributed by atoms with Crippen LogP contribution in [-0.2, 0) is 19.1 Å². The molecule has 0 aliphatic carbocycles. The van der Waals surface area contributed by atoms with Crippen LogP contribution in [-0.4, -0.2) is 72.2 Å². The molecule has 0 bridgehead atoms. The molecule has 2 fully saturated rings. The molecule has 2 saturated heterocycles. The van der Waals surface area contributed by atoms with Crippen LogP contribution in [0.2, 0.25) is 0 Å². The number of imide groups is 1. The predicted molar refractivity (Wildman–Crippen MR) is 109 cm³/mol. The molecule has 154 valence electrons. The highest BCUT2D eigenvalue weighted by molar-refractivity contribution is 9.10. The Morgan fingerprint density at radius 1 is 1.28 bits per heavy atom. The number of nitrogens with two attached hydrogens (primary N) is 1. The number of thioether (sulfide) groups is 1. The van der Waals surface area contributed by atoms with E-state index in [-0.39, 0.29) is 24.0 Å². The van der Waals surface area contributed by atoms with Crippen LogP contribution in [0.15, 0.2) is 27.6 Å². The van der Waals surface area contributed by atoms with Gasteiger partial charge in [0.2, 0.25) is 5.91 Å². The van der Waals surface area contributed by atoms with E-state index in [2.05, 4.69) is 15.9 Å². The lowest BCUT2D eigenvalue weighted by atomic mass is 10.2. The molecule has 11 heteroatoms. The Balaban J connectivity index is 1.76. The molecule has 0 aromatic heterocycles. The number of carbonyl (C=O) groups is 4. The Hall–Kier alpha value is -2.37. The van der Waals surface area contributed by atoms with Crippen LogP contribution in [0.25, 0.3) is 6.08 Å². The normalized spacial score (nSPS) is 18.4. The molecule has 29 heavy (non-hydrogen) atoms. The van der Waals surface area contributed by atoms with Crippen molar-refractivity contribution in [3.63, 3.8) is 0 Å². The number of benzene rings is 1. The van der Waals surface area contributed by atoms with Crippen LogP contribution in [0.1, 0.15) is 5.56 Å². The van der Waals surface area contributed by atoms with E-state index in [1.165, 1.54) is 6.08 Å². The van der Waals surface area contributed by atoms with Gasteiger partial charge in [0.15, 0.2) is 6.61 Å². The van der Waals surface area contributed by atoms with Crippen molar-refractivity contribution >= 4 is 56.7 Å². The molecule has 2 aliphatic rings. The van der Waals surface area contributed by atoms with Crippen molar-refractivity contribution in [2.75, 3.05) is 39.5 Å². The second kappa shape index (κ2) is 9.42. The molecule has 0 atom stereocenters. The number of halogens is 1. The van der Waals surface area contributed by atoms with Gasteiger partial charge in [-0.05, 0) is 36.0 Å². The molecule has 0 saturated carbocycles. The van der Waals surface area contributed by atoms with Gasteiger partial charge in [-0.2, -0.15) is 0 Å². The van der Waals surface area contributed by atoms with E-state index in [9.17, 15) is 19.2 Å². The third-order valence-electron chi connectivity index (χ3n) is 4.16. The quantitative estimate of drug-likeness (QED) is 0.603. The van der Waals surface area contributed by atoms with Crippen molar-refractivity contribution in [1.82, 2.24) is 9.80 Å². The summed E-state index contributed by atoms with van der Waals surface area (Å²) in [5.41, 5.74) is 5.60. The predicted octanol–water partition coefficient (Wildman–Crippen LogP) is 1.21.